The van der Waals surface area contributed by atoms with E-state index in [0.29, 0.717) is 5.69 Å². The Balaban J connectivity index is 1.97. The lowest BCUT2D eigenvalue weighted by Crippen LogP contribution is -2.15. The van der Waals surface area contributed by atoms with Crippen molar-refractivity contribution >= 4 is 38.4 Å². The summed E-state index contributed by atoms with van der Waals surface area (Å²) in [4.78, 5) is 12.4. The van der Waals surface area contributed by atoms with E-state index in [4.69, 9.17) is 0 Å². The molecule has 0 atom stereocenters. The topological polar surface area (TPSA) is 34.0 Å². The van der Waals surface area contributed by atoms with Crippen molar-refractivity contribution in [3.8, 4) is 0 Å². The second-order valence-electron chi connectivity index (χ2n) is 4.58. The molecule has 0 saturated carbocycles. The predicted octanol–water partition coefficient (Wildman–Crippen LogP) is 4.19. The lowest BCUT2D eigenvalue weighted by Gasteiger charge is -2.08. The van der Waals surface area contributed by atoms with Crippen LogP contribution in [-0.4, -0.2) is 10.5 Å². The highest BCUT2D eigenvalue weighted by Gasteiger charge is 2.13. The van der Waals surface area contributed by atoms with Crippen LogP contribution in [-0.2, 0) is 7.05 Å². The third-order valence-corrected chi connectivity index (χ3v) is 4.00. The molecule has 0 fully saturated rings. The van der Waals surface area contributed by atoms with Crippen molar-refractivity contribution < 1.29 is 4.79 Å². The van der Waals surface area contributed by atoms with Gasteiger partial charge in [0.1, 0.15) is 5.69 Å². The van der Waals surface area contributed by atoms with Gasteiger partial charge in [0, 0.05) is 22.4 Å². The first-order valence-corrected chi connectivity index (χ1v) is 7.06. The van der Waals surface area contributed by atoms with Crippen LogP contribution in [0.25, 0.3) is 10.9 Å². The van der Waals surface area contributed by atoms with E-state index in [9.17, 15) is 4.79 Å². The summed E-state index contributed by atoms with van der Waals surface area (Å²) >= 11 is 3.43. The Labute approximate surface area is 125 Å². The van der Waals surface area contributed by atoms with Gasteiger partial charge in [-0.1, -0.05) is 30.3 Å². The van der Waals surface area contributed by atoms with Gasteiger partial charge >= 0.3 is 0 Å². The number of hydrogen-bond acceptors (Lipinski definition) is 1. The van der Waals surface area contributed by atoms with Crippen molar-refractivity contribution in [1.82, 2.24) is 4.57 Å². The summed E-state index contributed by atoms with van der Waals surface area (Å²) in [5, 5.41) is 3.98. The summed E-state index contributed by atoms with van der Waals surface area (Å²) in [5.41, 5.74) is 2.45. The molecule has 0 aliphatic rings. The number of halogens is 1. The largest absolute Gasteiger partial charge is 0.340 e. The molecule has 100 valence electrons. The zero-order valence-corrected chi connectivity index (χ0v) is 12.5. The summed E-state index contributed by atoms with van der Waals surface area (Å²) in [6, 6.07) is 17.4. The van der Waals surface area contributed by atoms with Crippen LogP contribution in [0.2, 0.25) is 0 Å². The van der Waals surface area contributed by atoms with Crippen molar-refractivity contribution in [2.75, 3.05) is 5.32 Å². The number of amides is 1. The monoisotopic (exact) mass is 328 g/mol. The smallest absolute Gasteiger partial charge is 0.272 e. The number of fused-ring (bicyclic) bond motifs is 1. The summed E-state index contributed by atoms with van der Waals surface area (Å²) in [5.74, 6) is -0.115. The van der Waals surface area contributed by atoms with E-state index in [2.05, 4.69) is 21.2 Å². The molecule has 1 heterocycles. The average Bonchev–Trinajstić information content (AvgIpc) is 2.79. The maximum atomic E-state index is 12.4. The molecule has 20 heavy (non-hydrogen) atoms. The highest BCUT2D eigenvalue weighted by molar-refractivity contribution is 9.10. The Morgan fingerprint density at radius 3 is 2.55 bits per heavy atom. The second-order valence-corrected chi connectivity index (χ2v) is 5.44. The van der Waals surface area contributed by atoms with E-state index in [0.717, 1.165) is 21.1 Å². The molecule has 0 saturated heterocycles. The molecule has 1 amide bonds. The number of carbonyl (C=O) groups excluding carboxylic acids is 1. The van der Waals surface area contributed by atoms with E-state index in [-0.39, 0.29) is 5.91 Å². The summed E-state index contributed by atoms with van der Waals surface area (Å²) in [6.07, 6.45) is 0. The molecule has 3 rings (SSSR count). The molecule has 1 aromatic heterocycles. The van der Waals surface area contributed by atoms with Gasteiger partial charge in [0.05, 0.1) is 5.69 Å². The fourth-order valence-electron chi connectivity index (χ4n) is 2.26. The Hall–Kier alpha value is -2.07. The predicted molar refractivity (Wildman–Crippen MR) is 85.0 cm³/mol. The fraction of sp³-hybridized carbons (Fsp3) is 0.0625. The molecule has 0 aliphatic carbocycles. The Morgan fingerprint density at radius 1 is 1.10 bits per heavy atom. The van der Waals surface area contributed by atoms with Crippen molar-refractivity contribution in [3.63, 3.8) is 0 Å². The number of aryl methyl sites for hydroxylation is 1. The molecule has 0 bridgehead atoms. The quantitative estimate of drug-likeness (QED) is 0.751. The molecular formula is C16H13BrN2O. The molecule has 3 nitrogen and oxygen atoms in total. The van der Waals surface area contributed by atoms with Crippen LogP contribution in [0, 0.1) is 0 Å². The molecule has 0 radical (unpaired) electrons. The minimum absolute atomic E-state index is 0.115. The van der Waals surface area contributed by atoms with Crippen molar-refractivity contribution in [3.05, 3.63) is 64.8 Å². The molecule has 0 unspecified atom stereocenters. The maximum absolute atomic E-state index is 12.4. The molecule has 1 N–H and O–H groups in total. The molecule has 2 aromatic carbocycles. The first-order chi connectivity index (χ1) is 9.66. The van der Waals surface area contributed by atoms with Gasteiger partial charge in [0.2, 0.25) is 0 Å². The van der Waals surface area contributed by atoms with Gasteiger partial charge in [0.15, 0.2) is 0 Å². The minimum Gasteiger partial charge on any atom is -0.340 e. The number of nitrogens with one attached hydrogen (secondary N) is 1. The first kappa shape index (κ1) is 12.9. The van der Waals surface area contributed by atoms with Crippen LogP contribution >= 0.6 is 15.9 Å². The van der Waals surface area contributed by atoms with E-state index in [1.165, 1.54) is 0 Å². The van der Waals surface area contributed by atoms with Crippen LogP contribution in [0.15, 0.2) is 59.1 Å². The van der Waals surface area contributed by atoms with Crippen LogP contribution in [0.4, 0.5) is 5.69 Å². The number of para-hydroxylation sites is 2. The Bertz CT molecular complexity index is 792. The number of hydrogen-bond donors (Lipinski definition) is 1. The van der Waals surface area contributed by atoms with E-state index < -0.39 is 0 Å². The number of benzene rings is 2. The molecule has 3 aromatic rings. The number of aromatic nitrogens is 1. The van der Waals surface area contributed by atoms with Crippen LogP contribution < -0.4 is 5.32 Å². The van der Waals surface area contributed by atoms with Gasteiger partial charge in [-0.15, -0.1) is 0 Å². The molecule has 0 aliphatic heterocycles. The lowest BCUT2D eigenvalue weighted by atomic mass is 10.2. The van der Waals surface area contributed by atoms with E-state index in [1.807, 2.05) is 66.2 Å². The maximum Gasteiger partial charge on any atom is 0.272 e. The standard InChI is InChI=1S/C16H13BrN2O/c1-19-14-9-5-2-6-11(14)10-15(19)16(20)18-13-8-4-3-7-12(13)17/h2-10H,1H3,(H,18,20). The van der Waals surface area contributed by atoms with Crippen molar-refractivity contribution in [2.45, 2.75) is 0 Å². The third kappa shape index (κ3) is 2.23. The Kier molecular flexibility index (Phi) is 3.32. The van der Waals surface area contributed by atoms with Gasteiger partial charge in [0.25, 0.3) is 5.91 Å². The van der Waals surface area contributed by atoms with Gasteiger partial charge in [-0.2, -0.15) is 0 Å². The Morgan fingerprint density at radius 2 is 1.80 bits per heavy atom. The van der Waals surface area contributed by atoms with Gasteiger partial charge in [-0.25, -0.2) is 0 Å². The van der Waals surface area contributed by atoms with Crippen molar-refractivity contribution in [2.24, 2.45) is 7.05 Å². The van der Waals surface area contributed by atoms with E-state index >= 15 is 0 Å². The normalized spacial score (nSPS) is 10.7. The second kappa shape index (κ2) is 5.13. The highest BCUT2D eigenvalue weighted by Crippen LogP contribution is 2.23. The number of rotatable bonds is 2. The molecule has 4 heteroatoms. The number of anilines is 1. The molecular weight excluding hydrogens is 316 g/mol. The minimum atomic E-state index is -0.115. The first-order valence-electron chi connectivity index (χ1n) is 6.27. The average molecular weight is 329 g/mol. The lowest BCUT2D eigenvalue weighted by molar-refractivity contribution is 0.101. The third-order valence-electron chi connectivity index (χ3n) is 3.31. The van der Waals surface area contributed by atoms with Crippen molar-refractivity contribution in [1.29, 1.82) is 0 Å². The number of carbonyl (C=O) groups is 1. The zero-order valence-electron chi connectivity index (χ0n) is 10.9. The summed E-state index contributed by atoms with van der Waals surface area (Å²) < 4.78 is 2.77. The summed E-state index contributed by atoms with van der Waals surface area (Å²) in [7, 11) is 1.90. The summed E-state index contributed by atoms with van der Waals surface area (Å²) in [6.45, 7) is 0. The zero-order chi connectivity index (χ0) is 14.1. The van der Waals surface area contributed by atoms with Gasteiger partial charge < -0.3 is 9.88 Å². The van der Waals surface area contributed by atoms with Gasteiger partial charge in [-0.05, 0) is 40.2 Å². The molecule has 0 spiro atoms. The van der Waals surface area contributed by atoms with Crippen LogP contribution in [0.1, 0.15) is 10.5 Å². The number of nitrogens with zero attached hydrogens (tertiary/aromatic N) is 1. The van der Waals surface area contributed by atoms with Crippen LogP contribution in [0.3, 0.4) is 0 Å². The SMILES string of the molecule is Cn1c(C(=O)Nc2ccccc2Br)cc2ccccc21. The van der Waals surface area contributed by atoms with Gasteiger partial charge in [-0.3, -0.25) is 4.79 Å². The fourth-order valence-corrected chi connectivity index (χ4v) is 2.64. The van der Waals surface area contributed by atoms with Crippen LogP contribution in [0.5, 0.6) is 0 Å². The van der Waals surface area contributed by atoms with E-state index in [1.54, 1.807) is 0 Å². The highest BCUT2D eigenvalue weighted by atomic mass is 79.9.